The lowest BCUT2D eigenvalue weighted by Gasteiger charge is -2.21. The molecule has 2 heterocycles. The minimum absolute atomic E-state index is 0.126. The quantitative estimate of drug-likeness (QED) is 0.726. The van der Waals surface area contributed by atoms with Crippen molar-refractivity contribution in [3.8, 4) is 5.69 Å². The highest BCUT2D eigenvalue weighted by atomic mass is 32.2. The first-order valence-corrected chi connectivity index (χ1v) is 9.73. The Morgan fingerprint density at radius 1 is 1.21 bits per heavy atom. The van der Waals surface area contributed by atoms with Gasteiger partial charge in [0.05, 0.1) is 16.6 Å². The van der Waals surface area contributed by atoms with Gasteiger partial charge in [-0.25, -0.2) is 17.8 Å². The first kappa shape index (κ1) is 16.7. The predicted molar refractivity (Wildman–Crippen MR) is 91.4 cm³/mol. The highest BCUT2D eigenvalue weighted by molar-refractivity contribution is 7.89. The summed E-state index contributed by atoms with van der Waals surface area (Å²) in [5.41, 5.74) is 0.583. The molecule has 0 amide bonds. The molecule has 1 N–H and O–H groups in total. The Kier molecular flexibility index (Phi) is 4.74. The molecular weight excluding hydrogens is 346 g/mol. The Labute approximate surface area is 144 Å². The van der Waals surface area contributed by atoms with E-state index < -0.39 is 10.0 Å². The molecule has 0 radical (unpaired) electrons. The fraction of sp³-hybridized carbons (Fsp3) is 0.267. The first-order valence-electron chi connectivity index (χ1n) is 7.36. The number of tetrazole rings is 1. The molecule has 0 aliphatic rings. The lowest BCUT2D eigenvalue weighted by molar-refractivity contribution is 0.469. The maximum atomic E-state index is 12.8. The molecule has 1 atom stereocenters. The molecule has 1 aromatic carbocycles. The van der Waals surface area contributed by atoms with Gasteiger partial charge in [0, 0.05) is 4.88 Å². The summed E-state index contributed by atoms with van der Waals surface area (Å²) in [7, 11) is -3.67. The molecule has 2 aromatic heterocycles. The lowest BCUT2D eigenvalue weighted by Crippen LogP contribution is -2.31. The summed E-state index contributed by atoms with van der Waals surface area (Å²) in [5, 5.41) is 12.9. The van der Waals surface area contributed by atoms with Crippen LogP contribution in [-0.2, 0) is 10.0 Å². The third kappa shape index (κ3) is 3.53. The van der Waals surface area contributed by atoms with Gasteiger partial charge in [0.2, 0.25) is 10.0 Å². The Morgan fingerprint density at radius 2 is 2.04 bits per heavy atom. The summed E-state index contributed by atoms with van der Waals surface area (Å²) in [4.78, 5) is 1.17. The number of nitrogens with one attached hydrogen (secondary N) is 1. The largest absolute Gasteiger partial charge is 0.241 e. The van der Waals surface area contributed by atoms with E-state index in [2.05, 4.69) is 20.2 Å². The summed E-state index contributed by atoms with van der Waals surface area (Å²) in [5.74, 6) is 0.126. The molecule has 0 saturated carbocycles. The van der Waals surface area contributed by atoms with Crippen LogP contribution in [-0.4, -0.2) is 28.6 Å². The van der Waals surface area contributed by atoms with Gasteiger partial charge in [0.1, 0.15) is 6.33 Å². The summed E-state index contributed by atoms with van der Waals surface area (Å²) in [6.07, 6.45) is 1.42. The van der Waals surface area contributed by atoms with Crippen LogP contribution in [0.25, 0.3) is 5.69 Å². The Balaban J connectivity index is 1.91. The molecule has 1 unspecified atom stereocenters. The van der Waals surface area contributed by atoms with Crippen molar-refractivity contribution >= 4 is 21.4 Å². The molecular formula is C15H17N5O2S2. The van der Waals surface area contributed by atoms with Crippen LogP contribution in [0.1, 0.15) is 24.8 Å². The maximum absolute atomic E-state index is 12.8. The van der Waals surface area contributed by atoms with E-state index in [9.17, 15) is 8.42 Å². The normalized spacial score (nSPS) is 13.3. The summed E-state index contributed by atoms with van der Waals surface area (Å²) < 4.78 is 29.8. The monoisotopic (exact) mass is 363 g/mol. The molecule has 0 fully saturated rings. The van der Waals surface area contributed by atoms with Crippen molar-refractivity contribution in [1.82, 2.24) is 24.9 Å². The van der Waals surface area contributed by atoms with Crippen molar-refractivity contribution in [2.24, 2.45) is 5.92 Å². The minimum atomic E-state index is -3.67. The van der Waals surface area contributed by atoms with Crippen molar-refractivity contribution in [3.63, 3.8) is 0 Å². The van der Waals surface area contributed by atoms with Crippen LogP contribution in [0, 0.1) is 5.92 Å². The van der Waals surface area contributed by atoms with E-state index in [-0.39, 0.29) is 16.9 Å². The molecule has 3 rings (SSSR count). The molecule has 0 aliphatic carbocycles. The van der Waals surface area contributed by atoms with E-state index in [1.165, 1.54) is 22.3 Å². The van der Waals surface area contributed by atoms with Crippen molar-refractivity contribution in [2.75, 3.05) is 0 Å². The molecule has 3 aromatic rings. The third-order valence-electron chi connectivity index (χ3n) is 3.54. The predicted octanol–water partition coefficient (Wildman–Crippen LogP) is 2.40. The van der Waals surface area contributed by atoms with E-state index in [0.29, 0.717) is 5.69 Å². The smallest absolute Gasteiger partial charge is 0.207 e. The molecule has 0 saturated heterocycles. The summed E-state index contributed by atoms with van der Waals surface area (Å²) in [6, 6.07) is 10.1. The molecule has 9 heteroatoms. The van der Waals surface area contributed by atoms with Gasteiger partial charge in [-0.15, -0.1) is 16.4 Å². The van der Waals surface area contributed by atoms with Gasteiger partial charge in [0.15, 0.2) is 0 Å². The Hall–Kier alpha value is -2.10. The van der Waals surface area contributed by atoms with E-state index in [0.717, 1.165) is 4.88 Å². The molecule has 0 bridgehead atoms. The molecule has 24 heavy (non-hydrogen) atoms. The van der Waals surface area contributed by atoms with Gasteiger partial charge in [-0.05, 0) is 46.0 Å². The van der Waals surface area contributed by atoms with Crippen LogP contribution >= 0.6 is 11.3 Å². The second-order valence-corrected chi connectivity index (χ2v) is 8.30. The molecule has 0 spiro atoms. The number of thiophene rings is 1. The summed E-state index contributed by atoms with van der Waals surface area (Å²) in [6.45, 7) is 3.98. The fourth-order valence-electron chi connectivity index (χ4n) is 2.30. The van der Waals surface area contributed by atoms with E-state index >= 15 is 0 Å². The van der Waals surface area contributed by atoms with E-state index in [1.807, 2.05) is 31.4 Å². The van der Waals surface area contributed by atoms with Gasteiger partial charge in [-0.2, -0.15) is 0 Å². The average molecular weight is 363 g/mol. The number of rotatable bonds is 6. The molecule has 0 aliphatic heterocycles. The Bertz CT molecular complexity index is 890. The Morgan fingerprint density at radius 3 is 2.67 bits per heavy atom. The number of hydrogen-bond donors (Lipinski definition) is 1. The van der Waals surface area contributed by atoms with Crippen LogP contribution in [0.4, 0.5) is 0 Å². The van der Waals surface area contributed by atoms with Crippen LogP contribution in [0.5, 0.6) is 0 Å². The fourth-order valence-corrected chi connectivity index (χ4v) is 4.73. The van der Waals surface area contributed by atoms with Gasteiger partial charge >= 0.3 is 0 Å². The standard InChI is InChI=1S/C15H17N5O2S2/c1-11(2)15(14-7-4-8-23-14)17-24(21,22)13-6-3-5-12(9-13)20-10-16-18-19-20/h3-11,15,17H,1-2H3. The van der Waals surface area contributed by atoms with Gasteiger partial charge in [-0.1, -0.05) is 26.0 Å². The summed E-state index contributed by atoms with van der Waals surface area (Å²) >= 11 is 1.54. The van der Waals surface area contributed by atoms with Crippen molar-refractivity contribution in [1.29, 1.82) is 0 Å². The zero-order valence-electron chi connectivity index (χ0n) is 13.2. The van der Waals surface area contributed by atoms with E-state index in [4.69, 9.17) is 0 Å². The van der Waals surface area contributed by atoms with Crippen LogP contribution in [0.2, 0.25) is 0 Å². The van der Waals surface area contributed by atoms with Crippen molar-refractivity contribution in [3.05, 3.63) is 53.0 Å². The van der Waals surface area contributed by atoms with E-state index in [1.54, 1.807) is 24.3 Å². The average Bonchev–Trinajstić information content (AvgIpc) is 3.26. The number of aromatic nitrogens is 4. The van der Waals surface area contributed by atoms with Gasteiger partial charge in [-0.3, -0.25) is 0 Å². The topological polar surface area (TPSA) is 89.8 Å². The highest BCUT2D eigenvalue weighted by Crippen LogP contribution is 2.28. The van der Waals surface area contributed by atoms with Crippen LogP contribution in [0.15, 0.2) is 53.0 Å². The number of benzene rings is 1. The van der Waals surface area contributed by atoms with Crippen LogP contribution < -0.4 is 4.72 Å². The highest BCUT2D eigenvalue weighted by Gasteiger charge is 2.25. The van der Waals surface area contributed by atoms with Gasteiger partial charge < -0.3 is 0 Å². The SMILES string of the molecule is CC(C)C(NS(=O)(=O)c1cccc(-n2cnnn2)c1)c1cccs1. The first-order chi connectivity index (χ1) is 11.5. The minimum Gasteiger partial charge on any atom is -0.207 e. The van der Waals surface area contributed by atoms with Crippen molar-refractivity contribution < 1.29 is 8.42 Å². The lowest BCUT2D eigenvalue weighted by atomic mass is 10.0. The number of hydrogen-bond acceptors (Lipinski definition) is 6. The third-order valence-corrected chi connectivity index (χ3v) is 5.93. The van der Waals surface area contributed by atoms with Crippen LogP contribution in [0.3, 0.4) is 0 Å². The number of nitrogens with zero attached hydrogens (tertiary/aromatic N) is 4. The second-order valence-electron chi connectivity index (χ2n) is 5.61. The maximum Gasteiger partial charge on any atom is 0.241 e. The second kappa shape index (κ2) is 6.80. The zero-order chi connectivity index (χ0) is 17.2. The molecule has 7 nitrogen and oxygen atoms in total. The molecule has 126 valence electrons. The van der Waals surface area contributed by atoms with Crippen molar-refractivity contribution in [2.45, 2.75) is 24.8 Å². The zero-order valence-corrected chi connectivity index (χ0v) is 14.8. The number of sulfonamides is 1. The van der Waals surface area contributed by atoms with Gasteiger partial charge in [0.25, 0.3) is 0 Å².